The van der Waals surface area contributed by atoms with E-state index in [2.05, 4.69) is 33.3 Å². The lowest BCUT2D eigenvalue weighted by atomic mass is 10.2. The number of nitrogens with zero attached hydrogens (tertiary/aromatic N) is 2. The van der Waals surface area contributed by atoms with Gasteiger partial charge in [-0.15, -0.1) is 0 Å². The summed E-state index contributed by atoms with van der Waals surface area (Å²) >= 11 is 3.30. The second kappa shape index (κ2) is 5.51. The molecule has 0 bridgehead atoms. The van der Waals surface area contributed by atoms with Crippen LogP contribution >= 0.6 is 15.9 Å². The fourth-order valence-corrected chi connectivity index (χ4v) is 1.97. The Morgan fingerprint density at radius 3 is 2.94 bits per heavy atom. The topological polar surface area (TPSA) is 43.0 Å². The number of hydrogen-bond donors (Lipinski definition) is 1. The lowest BCUT2D eigenvalue weighted by molar-refractivity contribution is 0.408. The molecule has 2 heterocycles. The number of hydrogen-bond acceptors (Lipinski definition) is 3. The summed E-state index contributed by atoms with van der Waals surface area (Å²) in [7, 11) is 0. The van der Waals surface area contributed by atoms with E-state index in [4.69, 9.17) is 4.42 Å². The molecule has 0 amide bonds. The highest BCUT2D eigenvalue weighted by atomic mass is 79.9. The fraction of sp³-hybridized carbons (Fsp3) is 0.417. The van der Waals surface area contributed by atoms with Gasteiger partial charge < -0.3 is 9.73 Å². The first kappa shape index (κ1) is 12.4. The number of aryl methyl sites for hydroxylation is 1. The molecule has 0 saturated heterocycles. The van der Waals surface area contributed by atoms with Crippen LogP contribution in [0.3, 0.4) is 0 Å². The van der Waals surface area contributed by atoms with E-state index in [1.807, 2.05) is 36.1 Å². The highest BCUT2D eigenvalue weighted by molar-refractivity contribution is 9.10. The molecule has 1 unspecified atom stereocenters. The maximum Gasteiger partial charge on any atom is 0.169 e. The van der Waals surface area contributed by atoms with Gasteiger partial charge in [-0.1, -0.05) is 0 Å². The summed E-state index contributed by atoms with van der Waals surface area (Å²) in [5, 5.41) is 7.63. The molecule has 2 aromatic heterocycles. The van der Waals surface area contributed by atoms with Crippen LogP contribution in [0.5, 0.6) is 0 Å². The fourth-order valence-electron chi connectivity index (χ4n) is 1.65. The van der Waals surface area contributed by atoms with Crippen molar-refractivity contribution in [3.8, 4) is 0 Å². The molecule has 2 aromatic rings. The summed E-state index contributed by atoms with van der Waals surface area (Å²) in [5.41, 5.74) is 1.19. The first-order valence-electron chi connectivity index (χ1n) is 5.63. The van der Waals surface area contributed by atoms with Gasteiger partial charge in [-0.2, -0.15) is 5.10 Å². The third kappa shape index (κ3) is 3.44. The molecule has 2 rings (SSSR count). The van der Waals surface area contributed by atoms with Gasteiger partial charge >= 0.3 is 0 Å². The Bertz CT molecular complexity index is 478. The van der Waals surface area contributed by atoms with Gasteiger partial charge in [0.2, 0.25) is 0 Å². The molecule has 0 aliphatic heterocycles. The standard InChI is InChI=1S/C12H16BrN3O/c1-9-7-15-16(8-9)6-5-14-10(2)11-3-4-12(13)17-11/h3-4,7-8,10,14H,5-6H2,1-2H3. The van der Waals surface area contributed by atoms with Crippen molar-refractivity contribution in [2.75, 3.05) is 6.54 Å². The van der Waals surface area contributed by atoms with Gasteiger partial charge in [0.15, 0.2) is 4.67 Å². The normalized spacial score (nSPS) is 12.9. The number of aromatic nitrogens is 2. The molecule has 4 nitrogen and oxygen atoms in total. The molecule has 0 aromatic carbocycles. The van der Waals surface area contributed by atoms with Gasteiger partial charge in [-0.05, 0) is 47.5 Å². The van der Waals surface area contributed by atoms with Crippen LogP contribution in [-0.4, -0.2) is 16.3 Å². The van der Waals surface area contributed by atoms with Crippen molar-refractivity contribution < 1.29 is 4.42 Å². The van der Waals surface area contributed by atoms with Gasteiger partial charge in [0.1, 0.15) is 5.76 Å². The van der Waals surface area contributed by atoms with Crippen molar-refractivity contribution in [3.05, 3.63) is 40.5 Å². The molecular weight excluding hydrogens is 282 g/mol. The molecule has 0 radical (unpaired) electrons. The molecule has 92 valence electrons. The van der Waals surface area contributed by atoms with Gasteiger partial charge in [0.25, 0.3) is 0 Å². The molecule has 0 fully saturated rings. The minimum absolute atomic E-state index is 0.206. The molecule has 0 aliphatic rings. The predicted molar refractivity (Wildman–Crippen MR) is 69.8 cm³/mol. The zero-order chi connectivity index (χ0) is 12.3. The summed E-state index contributed by atoms with van der Waals surface area (Å²) < 4.78 is 8.19. The molecule has 17 heavy (non-hydrogen) atoms. The second-order valence-electron chi connectivity index (χ2n) is 4.10. The lowest BCUT2D eigenvalue weighted by Crippen LogP contribution is -2.23. The zero-order valence-corrected chi connectivity index (χ0v) is 11.6. The Hall–Kier alpha value is -1.07. The van der Waals surface area contributed by atoms with E-state index in [1.165, 1.54) is 5.56 Å². The first-order valence-corrected chi connectivity index (χ1v) is 6.42. The van der Waals surface area contributed by atoms with Crippen LogP contribution in [0.15, 0.2) is 33.6 Å². The van der Waals surface area contributed by atoms with Crippen LogP contribution in [0.4, 0.5) is 0 Å². The monoisotopic (exact) mass is 297 g/mol. The molecule has 1 N–H and O–H groups in total. The minimum atomic E-state index is 0.206. The summed E-state index contributed by atoms with van der Waals surface area (Å²) in [6.45, 7) is 5.85. The van der Waals surface area contributed by atoms with Crippen molar-refractivity contribution in [3.63, 3.8) is 0 Å². The third-order valence-corrected chi connectivity index (χ3v) is 3.00. The van der Waals surface area contributed by atoms with E-state index in [0.29, 0.717) is 0 Å². The average molecular weight is 298 g/mol. The molecule has 0 spiro atoms. The maximum absolute atomic E-state index is 5.48. The number of halogens is 1. The van der Waals surface area contributed by atoms with Crippen LogP contribution < -0.4 is 5.32 Å². The van der Waals surface area contributed by atoms with Crippen LogP contribution in [-0.2, 0) is 6.54 Å². The summed E-state index contributed by atoms with van der Waals surface area (Å²) in [5.74, 6) is 0.938. The molecule has 5 heteroatoms. The molecule has 1 atom stereocenters. The second-order valence-corrected chi connectivity index (χ2v) is 4.88. The van der Waals surface area contributed by atoms with E-state index in [0.717, 1.165) is 23.5 Å². The van der Waals surface area contributed by atoms with Crippen LogP contribution in [0.25, 0.3) is 0 Å². The third-order valence-electron chi connectivity index (χ3n) is 2.57. The molecule has 0 aliphatic carbocycles. The highest BCUT2D eigenvalue weighted by Crippen LogP contribution is 2.19. The van der Waals surface area contributed by atoms with Gasteiger partial charge in [-0.3, -0.25) is 4.68 Å². The predicted octanol–water partition coefficient (Wildman–Crippen LogP) is 2.90. The van der Waals surface area contributed by atoms with E-state index >= 15 is 0 Å². The van der Waals surface area contributed by atoms with Gasteiger partial charge in [0.05, 0.1) is 18.8 Å². The van der Waals surface area contributed by atoms with E-state index < -0.39 is 0 Å². The zero-order valence-electron chi connectivity index (χ0n) is 9.98. The number of rotatable bonds is 5. The largest absolute Gasteiger partial charge is 0.453 e. The maximum atomic E-state index is 5.48. The first-order chi connectivity index (χ1) is 8.15. The Kier molecular flexibility index (Phi) is 4.02. The molecule has 0 saturated carbocycles. The Morgan fingerprint density at radius 1 is 1.53 bits per heavy atom. The SMILES string of the molecule is Cc1cnn(CCNC(C)c2ccc(Br)o2)c1. The smallest absolute Gasteiger partial charge is 0.169 e. The summed E-state index contributed by atoms with van der Waals surface area (Å²) in [4.78, 5) is 0. The van der Waals surface area contributed by atoms with E-state index in [9.17, 15) is 0 Å². The van der Waals surface area contributed by atoms with Crippen LogP contribution in [0, 0.1) is 6.92 Å². The lowest BCUT2D eigenvalue weighted by Gasteiger charge is -2.11. The van der Waals surface area contributed by atoms with E-state index in [-0.39, 0.29) is 6.04 Å². The molecular formula is C12H16BrN3O. The van der Waals surface area contributed by atoms with Crippen molar-refractivity contribution in [2.24, 2.45) is 0 Å². The van der Waals surface area contributed by atoms with Gasteiger partial charge in [-0.25, -0.2) is 0 Å². The van der Waals surface area contributed by atoms with E-state index in [1.54, 1.807) is 0 Å². The van der Waals surface area contributed by atoms with Crippen LogP contribution in [0.1, 0.15) is 24.3 Å². The quantitative estimate of drug-likeness (QED) is 0.923. The van der Waals surface area contributed by atoms with Crippen LogP contribution in [0.2, 0.25) is 0 Å². The highest BCUT2D eigenvalue weighted by Gasteiger charge is 2.08. The summed E-state index contributed by atoms with van der Waals surface area (Å²) in [6, 6.07) is 4.09. The average Bonchev–Trinajstić information content (AvgIpc) is 2.88. The summed E-state index contributed by atoms with van der Waals surface area (Å²) in [6.07, 6.45) is 3.91. The number of nitrogens with one attached hydrogen (secondary N) is 1. The van der Waals surface area contributed by atoms with Gasteiger partial charge in [0, 0.05) is 12.7 Å². The van der Waals surface area contributed by atoms with Crippen molar-refractivity contribution in [1.82, 2.24) is 15.1 Å². The Morgan fingerprint density at radius 2 is 2.35 bits per heavy atom. The minimum Gasteiger partial charge on any atom is -0.453 e. The Labute approximate surface area is 109 Å². The Balaban J connectivity index is 1.78. The van der Waals surface area contributed by atoms with Crippen molar-refractivity contribution in [1.29, 1.82) is 0 Å². The number of furan rings is 1. The van der Waals surface area contributed by atoms with Crippen molar-refractivity contribution >= 4 is 15.9 Å². The van der Waals surface area contributed by atoms with Crippen molar-refractivity contribution in [2.45, 2.75) is 26.4 Å².